The number of carbonyl (C=O) groups excluding carboxylic acids is 2. The van der Waals surface area contributed by atoms with Gasteiger partial charge in [0.05, 0.1) is 6.61 Å². The van der Waals surface area contributed by atoms with Crippen molar-refractivity contribution >= 4 is 11.9 Å². The summed E-state index contributed by atoms with van der Waals surface area (Å²) >= 11 is 0. The Hall–Kier alpha value is -2.40. The first-order chi connectivity index (χ1) is 31.6. The lowest BCUT2D eigenvalue weighted by Gasteiger charge is -2.18. The Kier molecular flexibility index (Phi) is 52.9. The molecule has 64 heavy (non-hydrogen) atoms. The number of unbranched alkanes of at least 4 members (excludes halogenated alkanes) is 30. The maximum absolute atomic E-state index is 12.8. The highest BCUT2D eigenvalue weighted by Crippen LogP contribution is 2.14. The average Bonchev–Trinajstić information content (AvgIpc) is 3.30. The number of ether oxygens (including phenoxy) is 3. The van der Waals surface area contributed by atoms with Crippen molar-refractivity contribution in [1.82, 2.24) is 0 Å². The summed E-state index contributed by atoms with van der Waals surface area (Å²) in [6.07, 6.45) is 69.5. The molecule has 1 atom stereocenters. The van der Waals surface area contributed by atoms with E-state index in [1.165, 1.54) is 167 Å². The largest absolute Gasteiger partial charge is 0.462 e. The summed E-state index contributed by atoms with van der Waals surface area (Å²) in [4.78, 5) is 25.4. The highest BCUT2D eigenvalue weighted by Gasteiger charge is 2.17. The summed E-state index contributed by atoms with van der Waals surface area (Å²) in [7, 11) is 0. The van der Waals surface area contributed by atoms with Gasteiger partial charge in [0.1, 0.15) is 6.61 Å². The monoisotopic (exact) mass is 895 g/mol. The van der Waals surface area contributed by atoms with Crippen LogP contribution in [0.2, 0.25) is 0 Å². The molecule has 0 bridgehead atoms. The first-order valence-corrected chi connectivity index (χ1v) is 27.8. The van der Waals surface area contributed by atoms with Crippen LogP contribution in [-0.2, 0) is 23.8 Å². The van der Waals surface area contributed by atoms with Crippen LogP contribution in [0.3, 0.4) is 0 Å². The number of allylic oxidation sites excluding steroid dienone is 10. The predicted octanol–water partition coefficient (Wildman–Crippen LogP) is 18.9. The fourth-order valence-corrected chi connectivity index (χ4v) is 7.80. The SMILES string of the molecule is CCCCC/C=C\C/C=C\CCCCCCCCCCCCOCC(COC(=O)CCCCCCC/C=C\C/C=C\CCCCC)OC(=O)CCCCCCC/C=C\CCCCCC. The van der Waals surface area contributed by atoms with Crippen molar-refractivity contribution in [3.8, 4) is 0 Å². The van der Waals surface area contributed by atoms with E-state index in [4.69, 9.17) is 14.2 Å². The van der Waals surface area contributed by atoms with E-state index in [-0.39, 0.29) is 25.2 Å². The summed E-state index contributed by atoms with van der Waals surface area (Å²) in [5.41, 5.74) is 0. The smallest absolute Gasteiger partial charge is 0.306 e. The molecule has 0 spiro atoms. The molecule has 0 aromatic carbocycles. The quantitative estimate of drug-likeness (QED) is 0.0346. The summed E-state index contributed by atoms with van der Waals surface area (Å²) in [6.45, 7) is 7.76. The van der Waals surface area contributed by atoms with Crippen LogP contribution in [0.4, 0.5) is 0 Å². The molecule has 0 amide bonds. The molecular weight excluding hydrogens is 789 g/mol. The van der Waals surface area contributed by atoms with Crippen molar-refractivity contribution in [2.45, 2.75) is 284 Å². The minimum absolute atomic E-state index is 0.0739. The molecule has 0 N–H and O–H groups in total. The molecule has 5 nitrogen and oxygen atoms in total. The van der Waals surface area contributed by atoms with Crippen molar-refractivity contribution in [1.29, 1.82) is 0 Å². The number of hydrogen-bond donors (Lipinski definition) is 0. The van der Waals surface area contributed by atoms with Gasteiger partial charge in [0.15, 0.2) is 6.10 Å². The second-order valence-corrected chi connectivity index (χ2v) is 18.5. The highest BCUT2D eigenvalue weighted by atomic mass is 16.6. The lowest BCUT2D eigenvalue weighted by atomic mass is 10.1. The summed E-state index contributed by atoms with van der Waals surface area (Å²) in [5.74, 6) is -0.417. The van der Waals surface area contributed by atoms with Gasteiger partial charge >= 0.3 is 11.9 Å². The van der Waals surface area contributed by atoms with Gasteiger partial charge in [-0.3, -0.25) is 9.59 Å². The van der Waals surface area contributed by atoms with Gasteiger partial charge in [0, 0.05) is 19.4 Å². The van der Waals surface area contributed by atoms with Crippen molar-refractivity contribution in [3.63, 3.8) is 0 Å². The maximum atomic E-state index is 12.8. The van der Waals surface area contributed by atoms with Crippen LogP contribution >= 0.6 is 0 Å². The van der Waals surface area contributed by atoms with Crippen LogP contribution in [-0.4, -0.2) is 37.9 Å². The third kappa shape index (κ3) is 52.2. The van der Waals surface area contributed by atoms with E-state index in [1.54, 1.807) is 0 Å². The summed E-state index contributed by atoms with van der Waals surface area (Å²) < 4.78 is 17.4. The molecular formula is C59H106O5. The molecule has 0 fully saturated rings. The van der Waals surface area contributed by atoms with Crippen LogP contribution in [0.15, 0.2) is 60.8 Å². The lowest BCUT2D eigenvalue weighted by Crippen LogP contribution is -2.30. The van der Waals surface area contributed by atoms with Crippen molar-refractivity contribution in [2.75, 3.05) is 19.8 Å². The second kappa shape index (κ2) is 54.9. The van der Waals surface area contributed by atoms with Crippen molar-refractivity contribution in [2.24, 2.45) is 0 Å². The summed E-state index contributed by atoms with van der Waals surface area (Å²) in [6, 6.07) is 0. The Morgan fingerprint density at radius 2 is 0.656 bits per heavy atom. The van der Waals surface area contributed by atoms with Gasteiger partial charge in [-0.05, 0) is 109 Å². The molecule has 0 radical (unpaired) electrons. The van der Waals surface area contributed by atoms with E-state index < -0.39 is 6.10 Å². The zero-order valence-electron chi connectivity index (χ0n) is 42.8. The number of esters is 2. The molecule has 1 unspecified atom stereocenters. The Bertz CT molecular complexity index is 1100. The third-order valence-electron chi connectivity index (χ3n) is 12.0. The van der Waals surface area contributed by atoms with Crippen LogP contribution in [0, 0.1) is 0 Å². The topological polar surface area (TPSA) is 61.8 Å². The zero-order chi connectivity index (χ0) is 46.3. The minimum atomic E-state index is -0.548. The fourth-order valence-electron chi connectivity index (χ4n) is 7.80. The Balaban J connectivity index is 4.26. The van der Waals surface area contributed by atoms with Gasteiger partial charge in [0.25, 0.3) is 0 Å². The van der Waals surface area contributed by atoms with Crippen LogP contribution < -0.4 is 0 Å². The first-order valence-electron chi connectivity index (χ1n) is 27.8. The third-order valence-corrected chi connectivity index (χ3v) is 12.0. The number of rotatable bonds is 51. The fraction of sp³-hybridized carbons (Fsp3) is 0.797. The van der Waals surface area contributed by atoms with Gasteiger partial charge in [0.2, 0.25) is 0 Å². The molecule has 0 saturated carbocycles. The minimum Gasteiger partial charge on any atom is -0.462 e. The van der Waals surface area contributed by atoms with E-state index in [9.17, 15) is 9.59 Å². The molecule has 0 aliphatic rings. The summed E-state index contributed by atoms with van der Waals surface area (Å²) in [5, 5.41) is 0. The Morgan fingerprint density at radius 3 is 1.08 bits per heavy atom. The van der Waals surface area contributed by atoms with Gasteiger partial charge in [-0.15, -0.1) is 0 Å². The molecule has 0 heterocycles. The normalized spacial score (nSPS) is 12.6. The van der Waals surface area contributed by atoms with Crippen LogP contribution in [0.5, 0.6) is 0 Å². The molecule has 372 valence electrons. The van der Waals surface area contributed by atoms with E-state index in [0.717, 1.165) is 77.0 Å². The molecule has 0 aliphatic heterocycles. The van der Waals surface area contributed by atoms with Crippen LogP contribution in [0.25, 0.3) is 0 Å². The van der Waals surface area contributed by atoms with Gasteiger partial charge in [-0.1, -0.05) is 216 Å². The van der Waals surface area contributed by atoms with E-state index in [0.29, 0.717) is 19.4 Å². The molecule has 0 saturated heterocycles. The van der Waals surface area contributed by atoms with Gasteiger partial charge < -0.3 is 14.2 Å². The van der Waals surface area contributed by atoms with E-state index >= 15 is 0 Å². The van der Waals surface area contributed by atoms with Crippen LogP contribution in [0.1, 0.15) is 278 Å². The Morgan fingerprint density at radius 1 is 0.344 bits per heavy atom. The number of carbonyl (C=O) groups is 2. The lowest BCUT2D eigenvalue weighted by molar-refractivity contribution is -0.163. The first kappa shape index (κ1) is 61.6. The Labute approximate surface area is 398 Å². The standard InChI is InChI=1S/C59H106O5/c1-4-7-10-13-16-19-22-25-27-28-29-30-31-33-36-39-42-45-48-51-54-62-55-57(64-59(61)53-50-47-44-41-38-34-24-21-18-15-12-9-6-3)56-63-58(60)52-49-46-43-40-37-35-32-26-23-20-17-14-11-8-5-2/h16-17,19-21,24-27,32,57H,4-15,18,22-23,28-31,33-56H2,1-3H3/b19-16-,20-17-,24-21-,27-25-,32-26-. The maximum Gasteiger partial charge on any atom is 0.306 e. The zero-order valence-corrected chi connectivity index (χ0v) is 42.8. The molecule has 0 aromatic rings. The molecule has 0 aliphatic carbocycles. The highest BCUT2D eigenvalue weighted by molar-refractivity contribution is 5.70. The number of hydrogen-bond acceptors (Lipinski definition) is 5. The van der Waals surface area contributed by atoms with E-state index in [1.807, 2.05) is 0 Å². The van der Waals surface area contributed by atoms with E-state index in [2.05, 4.69) is 81.5 Å². The molecule has 0 rings (SSSR count). The van der Waals surface area contributed by atoms with Gasteiger partial charge in [-0.25, -0.2) is 0 Å². The molecule has 0 aromatic heterocycles. The second-order valence-electron chi connectivity index (χ2n) is 18.5. The predicted molar refractivity (Wildman–Crippen MR) is 279 cm³/mol. The van der Waals surface area contributed by atoms with Gasteiger partial charge in [-0.2, -0.15) is 0 Å². The average molecular weight is 895 g/mol. The van der Waals surface area contributed by atoms with Crippen molar-refractivity contribution < 1.29 is 23.8 Å². The molecule has 5 heteroatoms. The van der Waals surface area contributed by atoms with Crippen molar-refractivity contribution in [3.05, 3.63) is 60.8 Å².